The molecule has 1 N–H and O–H groups in total. The van der Waals surface area contributed by atoms with Gasteiger partial charge in [0.05, 0.1) is 0 Å². The Morgan fingerprint density at radius 1 is 0.675 bits per heavy atom. The lowest BCUT2D eigenvalue weighted by molar-refractivity contribution is 0.203. The molecule has 4 aromatic rings. The van der Waals surface area contributed by atoms with Gasteiger partial charge in [0.2, 0.25) is 0 Å². The molecule has 0 radical (unpaired) electrons. The Bertz CT molecular complexity index is 1230. The molecular weight excluding hydrogens is 491 g/mol. The van der Waals surface area contributed by atoms with E-state index < -0.39 is 0 Å². The summed E-state index contributed by atoms with van der Waals surface area (Å²) in [6, 6.07) is 40.3. The molecule has 4 aromatic carbocycles. The van der Waals surface area contributed by atoms with Gasteiger partial charge in [0.1, 0.15) is 5.82 Å². The molecule has 208 valence electrons. The Hall–Kier alpha value is -3.27. The molecule has 0 unspecified atom stereocenters. The molecule has 3 heteroatoms. The smallest absolute Gasteiger partial charge is 0.127 e. The van der Waals surface area contributed by atoms with Gasteiger partial charge in [0, 0.05) is 17.5 Å². The monoisotopic (exact) mass is 534 g/mol. The van der Waals surface area contributed by atoms with E-state index in [9.17, 15) is 4.39 Å². The van der Waals surface area contributed by atoms with Gasteiger partial charge in [-0.2, -0.15) is 0 Å². The van der Waals surface area contributed by atoms with Crippen LogP contribution < -0.4 is 5.32 Å². The molecule has 0 aromatic heterocycles. The number of likely N-dealkylation sites (tertiary alicyclic amines) is 1. The second kappa shape index (κ2) is 14.4. The Balaban J connectivity index is 1.23. The third kappa shape index (κ3) is 7.27. The normalized spacial score (nSPS) is 14.8. The van der Waals surface area contributed by atoms with Crippen LogP contribution in [0.5, 0.6) is 0 Å². The summed E-state index contributed by atoms with van der Waals surface area (Å²) < 4.78 is 14.1. The van der Waals surface area contributed by atoms with Crippen LogP contribution in [0.25, 0.3) is 0 Å². The van der Waals surface area contributed by atoms with E-state index in [-0.39, 0.29) is 11.2 Å². The van der Waals surface area contributed by atoms with E-state index in [0.29, 0.717) is 12.5 Å². The van der Waals surface area contributed by atoms with Gasteiger partial charge in [-0.05, 0) is 93.4 Å². The number of halogens is 1. The average molecular weight is 535 g/mol. The highest BCUT2D eigenvalue weighted by Gasteiger charge is 2.33. The van der Waals surface area contributed by atoms with Crippen LogP contribution >= 0.6 is 0 Å². The van der Waals surface area contributed by atoms with E-state index >= 15 is 0 Å². The Morgan fingerprint density at radius 2 is 1.23 bits per heavy atom. The van der Waals surface area contributed by atoms with Gasteiger partial charge in [-0.15, -0.1) is 0 Å². The Kier molecular flexibility index (Phi) is 10.2. The fraction of sp³-hybridized carbons (Fsp3) is 0.351. The molecular formula is C37H43FN2. The number of nitrogens with one attached hydrogen (secondary N) is 1. The zero-order chi connectivity index (χ0) is 27.5. The van der Waals surface area contributed by atoms with Crippen molar-refractivity contribution in [2.75, 3.05) is 26.2 Å². The largest absolute Gasteiger partial charge is 0.313 e. The molecule has 2 nitrogen and oxygen atoms in total. The second-order valence-electron chi connectivity index (χ2n) is 11.3. The molecule has 0 aliphatic carbocycles. The number of piperidine rings is 1. The molecule has 40 heavy (non-hydrogen) atoms. The van der Waals surface area contributed by atoms with Gasteiger partial charge in [-0.25, -0.2) is 4.39 Å². The fourth-order valence-electron chi connectivity index (χ4n) is 6.58. The first-order valence-electron chi connectivity index (χ1n) is 15.1. The average Bonchev–Trinajstić information content (AvgIpc) is 3.02. The number of rotatable bonds is 13. The molecule has 1 heterocycles. The number of hydrogen-bond acceptors (Lipinski definition) is 2. The third-order valence-corrected chi connectivity index (χ3v) is 8.82. The maximum absolute atomic E-state index is 14.1. The van der Waals surface area contributed by atoms with Crippen LogP contribution in [-0.2, 0) is 12.0 Å². The molecule has 5 rings (SSSR count). The van der Waals surface area contributed by atoms with E-state index in [1.54, 1.807) is 6.07 Å². The van der Waals surface area contributed by atoms with E-state index in [2.05, 4.69) is 101 Å². The number of hydrogen-bond donors (Lipinski definition) is 1. The van der Waals surface area contributed by atoms with Crippen molar-refractivity contribution in [1.82, 2.24) is 10.2 Å². The summed E-state index contributed by atoms with van der Waals surface area (Å²) >= 11 is 0. The van der Waals surface area contributed by atoms with Crippen molar-refractivity contribution in [2.45, 2.75) is 56.4 Å². The first kappa shape index (κ1) is 28.3. The predicted molar refractivity (Wildman–Crippen MR) is 165 cm³/mol. The number of benzene rings is 4. The highest BCUT2D eigenvalue weighted by atomic mass is 19.1. The van der Waals surface area contributed by atoms with Crippen molar-refractivity contribution in [3.05, 3.63) is 143 Å². The van der Waals surface area contributed by atoms with Gasteiger partial charge in [-0.3, -0.25) is 0 Å². The highest BCUT2D eigenvalue weighted by molar-refractivity contribution is 5.39. The van der Waals surface area contributed by atoms with Gasteiger partial charge >= 0.3 is 0 Å². The molecule has 0 amide bonds. The standard InChI is InChI=1S/C37H43FN2/c38-36-21-11-10-16-33(36)30-39-26-12-24-37(34-17-6-2-7-18-34,35-19-8-3-9-20-35)25-13-27-40-28-22-32(23-29-40)31-14-4-1-5-15-31/h1-11,14-21,32,39H,12-13,22-30H2. The van der Waals surface area contributed by atoms with Crippen molar-refractivity contribution < 1.29 is 4.39 Å². The van der Waals surface area contributed by atoms with Gasteiger partial charge in [0.25, 0.3) is 0 Å². The molecule has 0 saturated carbocycles. The first-order valence-corrected chi connectivity index (χ1v) is 15.1. The highest BCUT2D eigenvalue weighted by Crippen LogP contribution is 2.41. The molecule has 1 fully saturated rings. The van der Waals surface area contributed by atoms with Gasteiger partial charge in [-0.1, -0.05) is 109 Å². The predicted octanol–water partition coefficient (Wildman–Crippen LogP) is 8.34. The summed E-state index contributed by atoms with van der Waals surface area (Å²) in [6.07, 6.45) is 6.87. The van der Waals surface area contributed by atoms with Crippen molar-refractivity contribution in [2.24, 2.45) is 0 Å². The molecule has 0 spiro atoms. The minimum Gasteiger partial charge on any atom is -0.313 e. The lowest BCUT2D eigenvalue weighted by Crippen LogP contribution is -2.35. The van der Waals surface area contributed by atoms with Crippen LogP contribution in [0.3, 0.4) is 0 Å². The molecule has 1 aliphatic rings. The van der Waals surface area contributed by atoms with Crippen LogP contribution in [0.2, 0.25) is 0 Å². The zero-order valence-corrected chi connectivity index (χ0v) is 23.7. The maximum Gasteiger partial charge on any atom is 0.127 e. The SMILES string of the molecule is Fc1ccccc1CNCCCC(CCCN1CCC(c2ccccc2)CC1)(c1ccccc1)c1ccccc1. The van der Waals surface area contributed by atoms with Crippen molar-refractivity contribution in [3.63, 3.8) is 0 Å². The van der Waals surface area contributed by atoms with Crippen LogP contribution in [0.4, 0.5) is 4.39 Å². The van der Waals surface area contributed by atoms with Gasteiger partial charge in [0.15, 0.2) is 0 Å². The zero-order valence-electron chi connectivity index (χ0n) is 23.7. The van der Waals surface area contributed by atoms with E-state index in [4.69, 9.17) is 0 Å². The van der Waals surface area contributed by atoms with Crippen LogP contribution in [-0.4, -0.2) is 31.1 Å². The molecule has 1 aliphatic heterocycles. The Morgan fingerprint density at radius 3 is 1.85 bits per heavy atom. The fourth-order valence-corrected chi connectivity index (χ4v) is 6.58. The Labute approximate surface area is 240 Å². The second-order valence-corrected chi connectivity index (χ2v) is 11.3. The summed E-state index contributed by atoms with van der Waals surface area (Å²) in [7, 11) is 0. The van der Waals surface area contributed by atoms with E-state index in [0.717, 1.165) is 37.9 Å². The lowest BCUT2D eigenvalue weighted by Gasteiger charge is -2.37. The van der Waals surface area contributed by atoms with Crippen LogP contribution in [0.15, 0.2) is 115 Å². The molecule has 0 bridgehead atoms. The first-order chi connectivity index (χ1) is 19.7. The van der Waals surface area contributed by atoms with Crippen LogP contribution in [0.1, 0.15) is 66.7 Å². The lowest BCUT2D eigenvalue weighted by atomic mass is 9.68. The minimum absolute atomic E-state index is 0.0371. The summed E-state index contributed by atoms with van der Waals surface area (Å²) in [6.45, 7) is 4.94. The van der Waals surface area contributed by atoms with Gasteiger partial charge < -0.3 is 10.2 Å². The molecule has 0 atom stereocenters. The van der Waals surface area contributed by atoms with Crippen molar-refractivity contribution >= 4 is 0 Å². The summed E-state index contributed by atoms with van der Waals surface area (Å²) in [4.78, 5) is 2.68. The summed E-state index contributed by atoms with van der Waals surface area (Å²) in [5.74, 6) is 0.563. The molecule has 1 saturated heterocycles. The minimum atomic E-state index is -0.134. The van der Waals surface area contributed by atoms with Crippen molar-refractivity contribution in [1.29, 1.82) is 0 Å². The third-order valence-electron chi connectivity index (χ3n) is 8.82. The summed E-state index contributed by atoms with van der Waals surface area (Å²) in [5, 5.41) is 3.50. The van der Waals surface area contributed by atoms with E-state index in [1.807, 2.05) is 12.1 Å². The topological polar surface area (TPSA) is 15.3 Å². The quantitative estimate of drug-likeness (QED) is 0.173. The summed E-state index contributed by atoms with van der Waals surface area (Å²) in [5.41, 5.74) is 5.00. The van der Waals surface area contributed by atoms with Crippen LogP contribution in [0, 0.1) is 5.82 Å². The van der Waals surface area contributed by atoms with Crippen molar-refractivity contribution in [3.8, 4) is 0 Å². The number of nitrogens with zero attached hydrogens (tertiary/aromatic N) is 1. The maximum atomic E-state index is 14.1. The van der Waals surface area contributed by atoms with E-state index in [1.165, 1.54) is 55.1 Å².